The highest BCUT2D eigenvalue weighted by molar-refractivity contribution is 7.99. The summed E-state index contributed by atoms with van der Waals surface area (Å²) in [6, 6.07) is 13.9. The van der Waals surface area contributed by atoms with Crippen LogP contribution in [0.15, 0.2) is 47.4 Å². The molecule has 2 aliphatic heterocycles. The summed E-state index contributed by atoms with van der Waals surface area (Å²) in [5.74, 6) is 1.82. The van der Waals surface area contributed by atoms with E-state index in [0.717, 1.165) is 66.5 Å². The maximum absolute atomic E-state index is 13.4. The topological polar surface area (TPSA) is 38.8 Å². The molecule has 0 N–H and O–H groups in total. The molecule has 0 radical (unpaired) electrons. The average Bonchev–Trinajstić information content (AvgIpc) is 3.24. The van der Waals surface area contributed by atoms with E-state index in [-0.39, 0.29) is 5.91 Å². The number of methoxy groups -OCH3 is 1. The van der Waals surface area contributed by atoms with Crippen LogP contribution in [0.2, 0.25) is 0 Å². The molecule has 0 saturated carbocycles. The molecule has 4 nitrogen and oxygen atoms in total. The minimum Gasteiger partial charge on any atom is -0.497 e. The van der Waals surface area contributed by atoms with E-state index in [1.165, 1.54) is 5.56 Å². The number of benzene rings is 2. The number of ether oxygens (including phenoxy) is 2. The number of hydrogen-bond acceptors (Lipinski definition) is 4. The Kier molecular flexibility index (Phi) is 5.69. The Balaban J connectivity index is 1.57. The van der Waals surface area contributed by atoms with Gasteiger partial charge in [-0.05, 0) is 61.6 Å². The fourth-order valence-corrected chi connectivity index (χ4v) is 4.90. The smallest absolute Gasteiger partial charge is 0.259 e. The Hall–Kier alpha value is -1.98. The summed E-state index contributed by atoms with van der Waals surface area (Å²) in [5, 5.41) is 0. The molecule has 1 fully saturated rings. The Morgan fingerprint density at radius 1 is 1.26 bits per heavy atom. The summed E-state index contributed by atoms with van der Waals surface area (Å²) in [5.41, 5.74) is 2.97. The number of rotatable bonds is 5. The molecule has 27 heavy (non-hydrogen) atoms. The van der Waals surface area contributed by atoms with Crippen molar-refractivity contribution in [3.8, 4) is 5.75 Å². The molecule has 5 heteroatoms. The van der Waals surface area contributed by atoms with Gasteiger partial charge in [-0.25, -0.2) is 0 Å². The first-order valence-electron chi connectivity index (χ1n) is 9.58. The van der Waals surface area contributed by atoms with Gasteiger partial charge in [0, 0.05) is 29.5 Å². The van der Waals surface area contributed by atoms with Crippen molar-refractivity contribution in [3.05, 3.63) is 53.6 Å². The fourth-order valence-electron chi connectivity index (χ4n) is 3.78. The molecular weight excluding hydrogens is 358 g/mol. The standard InChI is InChI=1S/C22H25NO3S/c1-25-17-10-11-20-16(14-17)6-4-12-23(20)22(24)19-8-2-3-9-21(19)27-15-18-7-5-13-26-18/h2-3,8-11,14,18H,4-7,12-13,15H2,1H3. The lowest BCUT2D eigenvalue weighted by Gasteiger charge is -2.30. The molecule has 1 unspecified atom stereocenters. The highest BCUT2D eigenvalue weighted by atomic mass is 32.2. The summed E-state index contributed by atoms with van der Waals surface area (Å²) in [4.78, 5) is 16.3. The van der Waals surface area contributed by atoms with Crippen LogP contribution in [0.4, 0.5) is 5.69 Å². The highest BCUT2D eigenvalue weighted by Gasteiger charge is 2.26. The van der Waals surface area contributed by atoms with E-state index in [9.17, 15) is 4.79 Å². The van der Waals surface area contributed by atoms with Gasteiger partial charge in [0.15, 0.2) is 0 Å². The number of fused-ring (bicyclic) bond motifs is 1. The van der Waals surface area contributed by atoms with Crippen LogP contribution in [-0.2, 0) is 11.2 Å². The van der Waals surface area contributed by atoms with Gasteiger partial charge < -0.3 is 14.4 Å². The number of amides is 1. The van der Waals surface area contributed by atoms with Crippen molar-refractivity contribution in [1.29, 1.82) is 0 Å². The summed E-state index contributed by atoms with van der Waals surface area (Å²) < 4.78 is 11.1. The monoisotopic (exact) mass is 383 g/mol. The number of thioether (sulfide) groups is 1. The van der Waals surface area contributed by atoms with E-state index in [0.29, 0.717) is 6.10 Å². The van der Waals surface area contributed by atoms with Crippen molar-refractivity contribution in [2.75, 3.05) is 30.9 Å². The van der Waals surface area contributed by atoms with E-state index in [4.69, 9.17) is 9.47 Å². The van der Waals surface area contributed by atoms with Crippen LogP contribution in [0.25, 0.3) is 0 Å². The van der Waals surface area contributed by atoms with E-state index in [1.807, 2.05) is 47.4 Å². The second-order valence-corrected chi connectivity index (χ2v) is 8.06. The van der Waals surface area contributed by atoms with Gasteiger partial charge in [-0.1, -0.05) is 12.1 Å². The third-order valence-corrected chi connectivity index (χ3v) is 6.42. The second kappa shape index (κ2) is 8.36. The number of hydrogen-bond donors (Lipinski definition) is 0. The van der Waals surface area contributed by atoms with Gasteiger partial charge >= 0.3 is 0 Å². The first-order chi connectivity index (χ1) is 13.3. The number of nitrogens with zero attached hydrogens (tertiary/aromatic N) is 1. The molecule has 1 atom stereocenters. The zero-order valence-electron chi connectivity index (χ0n) is 15.6. The number of anilines is 1. The van der Waals surface area contributed by atoms with Crippen LogP contribution in [0.3, 0.4) is 0 Å². The lowest BCUT2D eigenvalue weighted by Crippen LogP contribution is -2.35. The molecule has 2 aromatic rings. The molecule has 1 saturated heterocycles. The molecule has 1 amide bonds. The average molecular weight is 384 g/mol. The first kappa shape index (κ1) is 18.4. The number of aryl methyl sites for hydroxylation is 1. The molecule has 4 rings (SSSR count). The SMILES string of the molecule is COc1ccc2c(c1)CCCN2C(=O)c1ccccc1SCC1CCCO1. The van der Waals surface area contributed by atoms with Gasteiger partial charge in [-0.15, -0.1) is 11.8 Å². The minimum absolute atomic E-state index is 0.0801. The Morgan fingerprint density at radius 2 is 2.15 bits per heavy atom. The quantitative estimate of drug-likeness (QED) is 0.710. The molecule has 2 aliphatic rings. The summed E-state index contributed by atoms with van der Waals surface area (Å²) in [6.07, 6.45) is 4.51. The summed E-state index contributed by atoms with van der Waals surface area (Å²) in [7, 11) is 1.68. The fraction of sp³-hybridized carbons (Fsp3) is 0.409. The van der Waals surface area contributed by atoms with Crippen molar-refractivity contribution < 1.29 is 14.3 Å². The Labute approximate surface area is 164 Å². The number of carbonyl (C=O) groups excluding carboxylic acids is 1. The van der Waals surface area contributed by atoms with Gasteiger partial charge in [0.05, 0.1) is 18.8 Å². The van der Waals surface area contributed by atoms with E-state index >= 15 is 0 Å². The zero-order valence-corrected chi connectivity index (χ0v) is 16.5. The van der Waals surface area contributed by atoms with Gasteiger partial charge in [0.2, 0.25) is 0 Å². The van der Waals surface area contributed by atoms with Crippen LogP contribution in [0.1, 0.15) is 35.2 Å². The summed E-state index contributed by atoms with van der Waals surface area (Å²) >= 11 is 1.73. The van der Waals surface area contributed by atoms with E-state index < -0.39 is 0 Å². The molecule has 0 spiro atoms. The lowest BCUT2D eigenvalue weighted by atomic mass is 10.0. The maximum Gasteiger partial charge on any atom is 0.259 e. The molecule has 0 bridgehead atoms. The highest BCUT2D eigenvalue weighted by Crippen LogP contribution is 2.33. The molecule has 2 heterocycles. The predicted octanol–water partition coefficient (Wildman–Crippen LogP) is 4.56. The van der Waals surface area contributed by atoms with Crippen LogP contribution < -0.4 is 9.64 Å². The van der Waals surface area contributed by atoms with Gasteiger partial charge in [-0.3, -0.25) is 4.79 Å². The Bertz CT molecular complexity index is 817. The normalized spacial score (nSPS) is 19.0. The van der Waals surface area contributed by atoms with E-state index in [2.05, 4.69) is 0 Å². The van der Waals surface area contributed by atoms with Crippen molar-refractivity contribution in [2.45, 2.75) is 36.7 Å². The van der Waals surface area contributed by atoms with Crippen LogP contribution in [0.5, 0.6) is 5.75 Å². The summed E-state index contributed by atoms with van der Waals surface area (Å²) in [6.45, 7) is 1.61. The lowest BCUT2D eigenvalue weighted by molar-refractivity contribution is 0.0982. The molecule has 2 aromatic carbocycles. The maximum atomic E-state index is 13.4. The predicted molar refractivity (Wildman–Crippen MR) is 109 cm³/mol. The zero-order chi connectivity index (χ0) is 18.6. The van der Waals surface area contributed by atoms with Crippen molar-refractivity contribution >= 4 is 23.4 Å². The van der Waals surface area contributed by atoms with Crippen LogP contribution in [0, 0.1) is 0 Å². The van der Waals surface area contributed by atoms with E-state index in [1.54, 1.807) is 18.9 Å². The van der Waals surface area contributed by atoms with Crippen molar-refractivity contribution in [3.63, 3.8) is 0 Å². The first-order valence-corrected chi connectivity index (χ1v) is 10.6. The molecule has 0 aliphatic carbocycles. The minimum atomic E-state index is 0.0801. The van der Waals surface area contributed by atoms with Gasteiger partial charge in [-0.2, -0.15) is 0 Å². The molecule has 142 valence electrons. The van der Waals surface area contributed by atoms with Crippen LogP contribution in [-0.4, -0.2) is 38.0 Å². The molecule has 0 aromatic heterocycles. The second-order valence-electron chi connectivity index (χ2n) is 7.00. The van der Waals surface area contributed by atoms with Gasteiger partial charge in [0.25, 0.3) is 5.91 Å². The van der Waals surface area contributed by atoms with Gasteiger partial charge in [0.1, 0.15) is 5.75 Å². The third-order valence-electron chi connectivity index (χ3n) is 5.22. The van der Waals surface area contributed by atoms with Crippen LogP contribution >= 0.6 is 11.8 Å². The molecular formula is C22H25NO3S. The largest absolute Gasteiger partial charge is 0.497 e. The van der Waals surface area contributed by atoms with Crippen molar-refractivity contribution in [1.82, 2.24) is 0 Å². The van der Waals surface area contributed by atoms with Crippen molar-refractivity contribution in [2.24, 2.45) is 0 Å². The number of carbonyl (C=O) groups is 1. The Morgan fingerprint density at radius 3 is 2.96 bits per heavy atom. The third kappa shape index (κ3) is 3.99.